The van der Waals surface area contributed by atoms with Crippen molar-refractivity contribution in [1.82, 2.24) is 10.3 Å². The van der Waals surface area contributed by atoms with Crippen molar-refractivity contribution in [3.05, 3.63) is 180 Å². The van der Waals surface area contributed by atoms with Gasteiger partial charge in [-0.2, -0.15) is 0 Å². The second kappa shape index (κ2) is 14.8. The van der Waals surface area contributed by atoms with Gasteiger partial charge in [-0.05, 0) is 70.9 Å². The first-order chi connectivity index (χ1) is 24.5. The Hall–Kier alpha value is -6.38. The van der Waals surface area contributed by atoms with E-state index in [1.54, 1.807) is 42.6 Å². The fourth-order valence-corrected chi connectivity index (χ4v) is 6.75. The molecule has 1 aromatic heterocycles. The Morgan fingerprint density at radius 2 is 1.34 bits per heavy atom. The van der Waals surface area contributed by atoms with Crippen LogP contribution in [0.4, 0.5) is 11.4 Å². The highest BCUT2D eigenvalue weighted by Crippen LogP contribution is 2.37. The van der Waals surface area contributed by atoms with Crippen LogP contribution in [0, 0.1) is 0 Å². The van der Waals surface area contributed by atoms with Crippen LogP contribution < -0.4 is 16.0 Å². The van der Waals surface area contributed by atoms with E-state index in [0.717, 1.165) is 37.7 Å². The normalized spacial score (nSPS) is 12.0. The molecule has 6 aromatic carbocycles. The van der Waals surface area contributed by atoms with E-state index in [1.807, 2.05) is 121 Å². The lowest BCUT2D eigenvalue weighted by Gasteiger charge is -2.18. The molecule has 244 valence electrons. The smallest absolute Gasteiger partial charge is 0.272 e. The number of aromatic nitrogens is 1. The summed E-state index contributed by atoms with van der Waals surface area (Å²) in [5.74, 6) is -1.06. The summed E-state index contributed by atoms with van der Waals surface area (Å²) < 4.78 is 0. The van der Waals surface area contributed by atoms with Crippen LogP contribution in [0.2, 0.25) is 0 Å². The molecule has 1 heterocycles. The number of carbonyl (C=O) groups is 3. The lowest BCUT2D eigenvalue weighted by Crippen LogP contribution is -2.30. The highest BCUT2D eigenvalue weighted by molar-refractivity contribution is 8.00. The number of para-hydroxylation sites is 1. The van der Waals surface area contributed by atoms with Crippen molar-refractivity contribution in [2.45, 2.75) is 10.1 Å². The van der Waals surface area contributed by atoms with Crippen LogP contribution in [-0.2, 0) is 9.59 Å². The Balaban J connectivity index is 1.13. The molecule has 0 spiro atoms. The summed E-state index contributed by atoms with van der Waals surface area (Å²) in [5.41, 5.74) is 4.25. The minimum absolute atomic E-state index is 0.0820. The maximum absolute atomic E-state index is 13.8. The van der Waals surface area contributed by atoms with E-state index < -0.39 is 17.1 Å². The third-order valence-corrected chi connectivity index (χ3v) is 9.40. The Morgan fingerprint density at radius 3 is 2.16 bits per heavy atom. The molecule has 0 radical (unpaired) electrons. The topological polar surface area (TPSA) is 103 Å². The van der Waals surface area contributed by atoms with Gasteiger partial charge in [-0.15, -0.1) is 11.8 Å². The summed E-state index contributed by atoms with van der Waals surface area (Å²) >= 11 is 1.38. The van der Waals surface area contributed by atoms with Crippen LogP contribution in [0.3, 0.4) is 0 Å². The molecule has 0 aliphatic rings. The molecule has 0 saturated carbocycles. The highest BCUT2D eigenvalue weighted by atomic mass is 32.2. The van der Waals surface area contributed by atoms with Gasteiger partial charge in [0.15, 0.2) is 0 Å². The van der Waals surface area contributed by atoms with Crippen LogP contribution in [0.1, 0.15) is 26.7 Å². The van der Waals surface area contributed by atoms with Gasteiger partial charge >= 0.3 is 0 Å². The number of thioether (sulfide) groups is 1. The molecule has 1 atom stereocenters. The van der Waals surface area contributed by atoms with E-state index in [-0.39, 0.29) is 11.6 Å². The maximum atomic E-state index is 13.8. The lowest BCUT2D eigenvalue weighted by atomic mass is 10.1. The number of H-pyrrole nitrogens is 1. The molecule has 0 bridgehead atoms. The Kier molecular flexibility index (Phi) is 9.53. The molecular weight excluding hydrogens is 641 g/mol. The van der Waals surface area contributed by atoms with Gasteiger partial charge in [-0.25, -0.2) is 0 Å². The number of hydrogen-bond acceptors (Lipinski definition) is 4. The molecule has 7 aromatic rings. The summed E-state index contributed by atoms with van der Waals surface area (Å²) in [6.07, 6.45) is 3.47. The van der Waals surface area contributed by atoms with Gasteiger partial charge in [0.1, 0.15) is 10.9 Å². The largest absolute Gasteiger partial charge is 0.361 e. The summed E-state index contributed by atoms with van der Waals surface area (Å²) in [4.78, 5) is 44.8. The molecule has 8 heteroatoms. The van der Waals surface area contributed by atoms with E-state index >= 15 is 0 Å². The highest BCUT2D eigenvalue weighted by Gasteiger charge is 2.23. The second-order valence-corrected chi connectivity index (χ2v) is 12.8. The van der Waals surface area contributed by atoms with Crippen LogP contribution in [0.25, 0.3) is 27.8 Å². The van der Waals surface area contributed by atoms with Crippen molar-refractivity contribution < 1.29 is 14.4 Å². The Labute approximate surface area is 293 Å². The molecule has 0 fully saturated rings. The first-order valence-corrected chi connectivity index (χ1v) is 16.9. The molecule has 3 amide bonds. The molecule has 4 N–H and O–H groups in total. The van der Waals surface area contributed by atoms with Crippen molar-refractivity contribution in [3.8, 4) is 0 Å². The number of rotatable bonds is 10. The third kappa shape index (κ3) is 7.51. The molecule has 0 aliphatic heterocycles. The maximum Gasteiger partial charge on any atom is 0.272 e. The third-order valence-electron chi connectivity index (χ3n) is 8.15. The number of amides is 3. The van der Waals surface area contributed by atoms with Crippen LogP contribution in [-0.4, -0.2) is 22.7 Å². The fraction of sp³-hybridized carbons (Fsp3) is 0.0238. The average Bonchev–Trinajstić information content (AvgIpc) is 3.57. The predicted molar refractivity (Wildman–Crippen MR) is 203 cm³/mol. The van der Waals surface area contributed by atoms with Crippen molar-refractivity contribution in [3.63, 3.8) is 0 Å². The molecule has 0 saturated heterocycles. The molecule has 50 heavy (non-hydrogen) atoms. The Bertz CT molecular complexity index is 2350. The zero-order valence-electron chi connectivity index (χ0n) is 26.8. The van der Waals surface area contributed by atoms with Gasteiger partial charge in [0.25, 0.3) is 11.8 Å². The summed E-state index contributed by atoms with van der Waals surface area (Å²) in [7, 11) is 0. The fourth-order valence-electron chi connectivity index (χ4n) is 5.67. The molecule has 7 rings (SSSR count). The number of aromatic amines is 1. The summed E-state index contributed by atoms with van der Waals surface area (Å²) in [6, 6.07) is 47.3. The zero-order valence-corrected chi connectivity index (χ0v) is 27.6. The van der Waals surface area contributed by atoms with E-state index in [4.69, 9.17) is 0 Å². The minimum atomic E-state index is -0.573. The molecular formula is C42H32N4O3S. The molecule has 0 aliphatic carbocycles. The zero-order chi connectivity index (χ0) is 34.3. The van der Waals surface area contributed by atoms with E-state index in [2.05, 4.69) is 20.9 Å². The van der Waals surface area contributed by atoms with Crippen molar-refractivity contribution in [1.29, 1.82) is 0 Å². The van der Waals surface area contributed by atoms with E-state index in [0.29, 0.717) is 16.9 Å². The number of benzene rings is 6. The average molecular weight is 673 g/mol. The van der Waals surface area contributed by atoms with Gasteiger partial charge in [-0.1, -0.05) is 103 Å². The Morgan fingerprint density at radius 1 is 0.640 bits per heavy atom. The van der Waals surface area contributed by atoms with Gasteiger partial charge in [-0.3, -0.25) is 14.4 Å². The lowest BCUT2D eigenvalue weighted by molar-refractivity contribution is -0.116. The van der Waals surface area contributed by atoms with Crippen LogP contribution in [0.15, 0.2) is 168 Å². The molecule has 1 unspecified atom stereocenters. The van der Waals surface area contributed by atoms with Crippen LogP contribution in [0.5, 0.6) is 0 Å². The molecule has 7 nitrogen and oxygen atoms in total. The van der Waals surface area contributed by atoms with E-state index in [9.17, 15) is 14.4 Å². The summed E-state index contributed by atoms with van der Waals surface area (Å²) in [5, 5.41) is 11.3. The van der Waals surface area contributed by atoms with Gasteiger partial charge in [0.05, 0.1) is 0 Å². The van der Waals surface area contributed by atoms with Gasteiger partial charge in [0, 0.05) is 44.5 Å². The van der Waals surface area contributed by atoms with Crippen molar-refractivity contribution in [2.24, 2.45) is 0 Å². The first kappa shape index (κ1) is 32.2. The number of carbonyl (C=O) groups excluding carboxylic acids is 3. The second-order valence-electron chi connectivity index (χ2n) is 11.6. The van der Waals surface area contributed by atoms with Gasteiger partial charge < -0.3 is 20.9 Å². The van der Waals surface area contributed by atoms with Crippen molar-refractivity contribution >= 4 is 68.6 Å². The van der Waals surface area contributed by atoms with Crippen molar-refractivity contribution in [2.75, 3.05) is 10.6 Å². The number of nitrogens with one attached hydrogen (secondary N) is 4. The predicted octanol–water partition coefficient (Wildman–Crippen LogP) is 9.20. The van der Waals surface area contributed by atoms with Gasteiger partial charge in [0.2, 0.25) is 5.91 Å². The monoisotopic (exact) mass is 672 g/mol. The van der Waals surface area contributed by atoms with E-state index in [1.165, 1.54) is 11.8 Å². The van der Waals surface area contributed by atoms with Crippen LogP contribution >= 0.6 is 11.8 Å². The quantitative estimate of drug-likeness (QED) is 0.0859. The number of fused-ring (bicyclic) bond motifs is 2. The minimum Gasteiger partial charge on any atom is -0.361 e. The standard InChI is InChI=1S/C42H32N4O3S/c47-40(30-15-5-2-6-16-30)46-38(25-32-27-43-37-21-10-9-20-36(32)37)41(48)44-33-18-11-19-35(26-33)50-39(29-13-3-1-4-14-29)42(49)45-34-23-22-28-12-7-8-17-31(28)24-34/h1-27,39,43H,(H,44,48)(H,45,49)(H,46,47)/b38-25-. The number of anilines is 2. The number of hydrogen-bond donors (Lipinski definition) is 4. The summed E-state index contributed by atoms with van der Waals surface area (Å²) in [6.45, 7) is 0. The first-order valence-electron chi connectivity index (χ1n) is 16.1. The SMILES string of the molecule is O=C(Nc1cccc(SC(C(=O)Nc2ccc3ccccc3c2)c2ccccc2)c1)/C(=C/c1c[nH]c2ccccc12)NC(=O)c1ccccc1.